The van der Waals surface area contributed by atoms with E-state index in [1.54, 1.807) is 0 Å². The van der Waals surface area contributed by atoms with E-state index in [2.05, 4.69) is 10.5 Å². The van der Waals surface area contributed by atoms with Crippen LogP contribution in [0.15, 0.2) is 47.6 Å². The summed E-state index contributed by atoms with van der Waals surface area (Å²) in [4.78, 5) is 0. The van der Waals surface area contributed by atoms with Gasteiger partial charge in [0.15, 0.2) is 11.6 Å². The number of nitrogens with one attached hydrogen (secondary N) is 1. The van der Waals surface area contributed by atoms with E-state index in [1.165, 1.54) is 12.3 Å². The molecule has 0 aliphatic rings. The van der Waals surface area contributed by atoms with Gasteiger partial charge in [0.1, 0.15) is 5.82 Å². The van der Waals surface area contributed by atoms with Crippen LogP contribution in [0.1, 0.15) is 18.9 Å². The van der Waals surface area contributed by atoms with E-state index in [0.29, 0.717) is 6.61 Å². The molecule has 2 aromatic carbocycles. The van der Waals surface area contributed by atoms with Crippen molar-refractivity contribution in [3.05, 3.63) is 59.7 Å². The molecule has 2 aromatic rings. The van der Waals surface area contributed by atoms with Crippen molar-refractivity contribution in [3.8, 4) is 5.75 Å². The molecule has 0 saturated carbocycles. The number of benzene rings is 2. The summed E-state index contributed by atoms with van der Waals surface area (Å²) in [5.41, 5.74) is 3.82. The summed E-state index contributed by atoms with van der Waals surface area (Å²) >= 11 is 0. The first-order valence-corrected chi connectivity index (χ1v) is 6.66. The Morgan fingerprint density at radius 3 is 2.67 bits per heavy atom. The molecular formula is C16H16F2N2O. The summed E-state index contributed by atoms with van der Waals surface area (Å²) in [6, 6.07) is 11.2. The van der Waals surface area contributed by atoms with E-state index in [9.17, 15) is 8.78 Å². The van der Waals surface area contributed by atoms with Gasteiger partial charge in [-0.1, -0.05) is 25.1 Å². The van der Waals surface area contributed by atoms with Crippen molar-refractivity contribution in [1.29, 1.82) is 0 Å². The predicted octanol–water partition coefficient (Wildman–Crippen LogP) is 4.20. The fraction of sp³-hybridized carbons (Fsp3) is 0.188. The first-order valence-electron chi connectivity index (χ1n) is 6.66. The van der Waals surface area contributed by atoms with E-state index in [0.717, 1.165) is 18.2 Å². The molecule has 1 N–H and O–H groups in total. The maximum absolute atomic E-state index is 13.7. The lowest BCUT2D eigenvalue weighted by atomic mass is 10.2. The highest BCUT2D eigenvalue weighted by Gasteiger charge is 2.11. The minimum absolute atomic E-state index is 0.0110. The Hall–Kier alpha value is -2.43. The lowest BCUT2D eigenvalue weighted by molar-refractivity contribution is 0.300. The topological polar surface area (TPSA) is 33.6 Å². The Kier molecular flexibility index (Phi) is 5.26. The Morgan fingerprint density at radius 1 is 1.19 bits per heavy atom. The minimum Gasteiger partial charge on any atom is -0.490 e. The van der Waals surface area contributed by atoms with Gasteiger partial charge in [0.2, 0.25) is 0 Å². The van der Waals surface area contributed by atoms with Crippen molar-refractivity contribution >= 4 is 11.9 Å². The van der Waals surface area contributed by atoms with E-state index >= 15 is 0 Å². The minimum atomic E-state index is -0.732. The van der Waals surface area contributed by atoms with Crippen LogP contribution in [0.3, 0.4) is 0 Å². The second-order valence-corrected chi connectivity index (χ2v) is 4.39. The van der Waals surface area contributed by atoms with Crippen LogP contribution in [0.25, 0.3) is 0 Å². The number of halogens is 2. The Morgan fingerprint density at radius 2 is 1.95 bits per heavy atom. The normalized spacial score (nSPS) is 10.8. The van der Waals surface area contributed by atoms with Gasteiger partial charge in [0.05, 0.1) is 18.5 Å². The zero-order valence-corrected chi connectivity index (χ0v) is 11.6. The van der Waals surface area contributed by atoms with Crippen molar-refractivity contribution in [2.75, 3.05) is 12.0 Å². The molecule has 110 valence electrons. The van der Waals surface area contributed by atoms with Crippen LogP contribution in [-0.4, -0.2) is 12.8 Å². The maximum Gasteiger partial charge on any atom is 0.168 e. The highest BCUT2D eigenvalue weighted by atomic mass is 19.1. The van der Waals surface area contributed by atoms with Crippen molar-refractivity contribution in [3.63, 3.8) is 0 Å². The zero-order chi connectivity index (χ0) is 15.1. The van der Waals surface area contributed by atoms with Gasteiger partial charge in [-0.15, -0.1) is 0 Å². The molecule has 0 aromatic heterocycles. The molecule has 0 spiro atoms. The summed E-state index contributed by atoms with van der Waals surface area (Å²) in [7, 11) is 0. The van der Waals surface area contributed by atoms with Crippen LogP contribution in [-0.2, 0) is 0 Å². The second kappa shape index (κ2) is 7.38. The molecule has 0 fully saturated rings. The quantitative estimate of drug-likeness (QED) is 0.639. The smallest absolute Gasteiger partial charge is 0.168 e. The number of nitrogens with zero attached hydrogens (tertiary/aromatic N) is 1. The monoisotopic (exact) mass is 290 g/mol. The summed E-state index contributed by atoms with van der Waals surface area (Å²) < 4.78 is 32.4. The Labute approximate surface area is 122 Å². The SMILES string of the molecule is CCCOc1c(F)cc(F)cc1C=NNc1ccccc1. The van der Waals surface area contributed by atoms with Gasteiger partial charge in [-0.3, -0.25) is 5.43 Å². The van der Waals surface area contributed by atoms with Crippen molar-refractivity contribution < 1.29 is 13.5 Å². The maximum atomic E-state index is 13.7. The van der Waals surface area contributed by atoms with Crippen LogP contribution in [0.5, 0.6) is 5.75 Å². The number of hydrogen-bond donors (Lipinski definition) is 1. The molecule has 0 bridgehead atoms. The highest BCUT2D eigenvalue weighted by Crippen LogP contribution is 2.23. The third kappa shape index (κ3) is 4.27. The molecule has 0 aliphatic carbocycles. The number of hydrazone groups is 1. The fourth-order valence-electron chi connectivity index (χ4n) is 1.72. The molecule has 5 heteroatoms. The number of rotatable bonds is 6. The lowest BCUT2D eigenvalue weighted by Gasteiger charge is -2.09. The molecular weight excluding hydrogens is 274 g/mol. The standard InChI is InChI=1S/C16H16F2N2O/c1-2-8-21-16-12(9-13(17)10-15(16)18)11-19-20-14-6-4-3-5-7-14/h3-7,9-11,20H,2,8H2,1H3. The molecule has 3 nitrogen and oxygen atoms in total. The number of para-hydroxylation sites is 1. The number of hydrogen-bond acceptors (Lipinski definition) is 3. The summed E-state index contributed by atoms with van der Waals surface area (Å²) in [5.74, 6) is -1.39. The fourth-order valence-corrected chi connectivity index (χ4v) is 1.72. The van der Waals surface area contributed by atoms with Crippen LogP contribution in [0, 0.1) is 11.6 Å². The molecule has 0 unspecified atom stereocenters. The largest absolute Gasteiger partial charge is 0.490 e. The van der Waals surface area contributed by atoms with Gasteiger partial charge in [-0.05, 0) is 24.6 Å². The zero-order valence-electron chi connectivity index (χ0n) is 11.6. The molecule has 0 saturated heterocycles. The van der Waals surface area contributed by atoms with Crippen LogP contribution >= 0.6 is 0 Å². The van der Waals surface area contributed by atoms with Gasteiger partial charge in [-0.2, -0.15) is 5.10 Å². The summed E-state index contributed by atoms with van der Waals surface area (Å²) in [6.45, 7) is 2.27. The molecule has 2 rings (SSSR count). The molecule has 0 radical (unpaired) electrons. The molecule has 21 heavy (non-hydrogen) atoms. The number of anilines is 1. The van der Waals surface area contributed by atoms with Crippen molar-refractivity contribution in [2.45, 2.75) is 13.3 Å². The van der Waals surface area contributed by atoms with Crippen molar-refractivity contribution in [2.24, 2.45) is 5.10 Å². The van der Waals surface area contributed by atoms with Gasteiger partial charge >= 0.3 is 0 Å². The third-order valence-electron chi connectivity index (χ3n) is 2.66. The van der Waals surface area contributed by atoms with E-state index in [4.69, 9.17) is 4.74 Å². The van der Waals surface area contributed by atoms with Gasteiger partial charge < -0.3 is 4.74 Å². The third-order valence-corrected chi connectivity index (χ3v) is 2.66. The van der Waals surface area contributed by atoms with Crippen LogP contribution in [0.2, 0.25) is 0 Å². The lowest BCUT2D eigenvalue weighted by Crippen LogP contribution is -2.03. The average Bonchev–Trinajstić information content (AvgIpc) is 2.47. The second-order valence-electron chi connectivity index (χ2n) is 4.39. The van der Waals surface area contributed by atoms with Crippen molar-refractivity contribution in [1.82, 2.24) is 0 Å². The average molecular weight is 290 g/mol. The van der Waals surface area contributed by atoms with Gasteiger partial charge in [-0.25, -0.2) is 8.78 Å². The molecule has 0 amide bonds. The molecule has 0 heterocycles. The van der Waals surface area contributed by atoms with Gasteiger partial charge in [0.25, 0.3) is 0 Å². The van der Waals surface area contributed by atoms with Crippen LogP contribution in [0.4, 0.5) is 14.5 Å². The van der Waals surface area contributed by atoms with Crippen LogP contribution < -0.4 is 10.2 Å². The Bertz CT molecular complexity index is 615. The Balaban J connectivity index is 2.17. The number of ether oxygens (including phenoxy) is 1. The van der Waals surface area contributed by atoms with E-state index < -0.39 is 11.6 Å². The summed E-state index contributed by atoms with van der Waals surface area (Å²) in [5, 5.41) is 3.97. The van der Waals surface area contributed by atoms with E-state index in [1.807, 2.05) is 37.3 Å². The first kappa shape index (κ1) is 15.0. The molecule has 0 aliphatic heterocycles. The predicted molar refractivity (Wildman–Crippen MR) is 79.8 cm³/mol. The summed E-state index contributed by atoms with van der Waals surface area (Å²) in [6.07, 6.45) is 2.07. The van der Waals surface area contributed by atoms with E-state index in [-0.39, 0.29) is 11.3 Å². The highest BCUT2D eigenvalue weighted by molar-refractivity contribution is 5.84. The first-order chi connectivity index (χ1) is 10.2. The van der Waals surface area contributed by atoms with Gasteiger partial charge in [0, 0.05) is 11.6 Å². The molecule has 0 atom stereocenters.